The second kappa shape index (κ2) is 6.75. The molecule has 2 nitrogen and oxygen atoms in total. The number of nitrogens with zero attached hydrogens (tertiary/aromatic N) is 1. The minimum Gasteiger partial charge on any atom is -0.311 e. The van der Waals surface area contributed by atoms with E-state index < -0.39 is 0 Å². The third-order valence-corrected chi connectivity index (χ3v) is 4.31. The predicted molar refractivity (Wildman–Crippen MR) is 76.5 cm³/mol. The smallest absolute Gasteiger partial charge is 0.0153 e. The first-order chi connectivity index (χ1) is 7.99. The molecule has 1 rings (SSSR count). The van der Waals surface area contributed by atoms with Gasteiger partial charge in [0, 0.05) is 30.7 Å². The third kappa shape index (κ3) is 4.59. The fourth-order valence-electron chi connectivity index (χ4n) is 3.04. The van der Waals surface area contributed by atoms with Gasteiger partial charge in [0.05, 0.1) is 0 Å². The quantitative estimate of drug-likeness (QED) is 0.810. The zero-order valence-corrected chi connectivity index (χ0v) is 12.6. The molecule has 0 bridgehead atoms. The van der Waals surface area contributed by atoms with E-state index in [2.05, 4.69) is 44.8 Å². The standard InChI is InChI=1S/C15H32N2/c1-6-10-15(4,5)17-11-8-13(3)16-14(7-2)9-12-17/h13-14,16H,6-12H2,1-5H3. The summed E-state index contributed by atoms with van der Waals surface area (Å²) in [5.41, 5.74) is 0.379. The van der Waals surface area contributed by atoms with Crippen molar-refractivity contribution in [1.82, 2.24) is 10.2 Å². The Morgan fingerprint density at radius 1 is 1.18 bits per heavy atom. The molecule has 1 heterocycles. The highest BCUT2D eigenvalue weighted by Crippen LogP contribution is 2.23. The van der Waals surface area contributed by atoms with Gasteiger partial charge in [0.15, 0.2) is 0 Å². The number of hydrogen-bond donors (Lipinski definition) is 1. The first kappa shape index (κ1) is 15.0. The van der Waals surface area contributed by atoms with Crippen molar-refractivity contribution in [2.45, 2.75) is 84.3 Å². The van der Waals surface area contributed by atoms with Crippen LogP contribution < -0.4 is 5.32 Å². The van der Waals surface area contributed by atoms with Crippen LogP contribution in [0, 0.1) is 0 Å². The molecule has 1 aliphatic rings. The van der Waals surface area contributed by atoms with Crippen molar-refractivity contribution in [2.75, 3.05) is 13.1 Å². The summed E-state index contributed by atoms with van der Waals surface area (Å²) >= 11 is 0. The number of nitrogens with one attached hydrogen (secondary N) is 1. The molecule has 2 heteroatoms. The molecular weight excluding hydrogens is 208 g/mol. The van der Waals surface area contributed by atoms with Crippen LogP contribution in [-0.2, 0) is 0 Å². The molecular formula is C15H32N2. The summed E-state index contributed by atoms with van der Waals surface area (Å²) in [6, 6.07) is 1.38. The highest BCUT2D eigenvalue weighted by Gasteiger charge is 2.28. The molecule has 1 saturated heterocycles. The molecule has 1 N–H and O–H groups in total. The van der Waals surface area contributed by atoms with Crippen molar-refractivity contribution in [3.63, 3.8) is 0 Å². The van der Waals surface area contributed by atoms with Gasteiger partial charge in [-0.15, -0.1) is 0 Å². The van der Waals surface area contributed by atoms with Crippen LogP contribution in [0.3, 0.4) is 0 Å². The highest BCUT2D eigenvalue weighted by molar-refractivity contribution is 4.85. The molecule has 0 aromatic rings. The van der Waals surface area contributed by atoms with Crippen LogP contribution in [0.25, 0.3) is 0 Å². The van der Waals surface area contributed by atoms with Gasteiger partial charge in [-0.2, -0.15) is 0 Å². The summed E-state index contributed by atoms with van der Waals surface area (Å²) < 4.78 is 0. The summed E-state index contributed by atoms with van der Waals surface area (Å²) in [5.74, 6) is 0. The third-order valence-electron chi connectivity index (χ3n) is 4.31. The number of rotatable bonds is 4. The lowest BCUT2D eigenvalue weighted by atomic mass is 9.94. The largest absolute Gasteiger partial charge is 0.311 e. The van der Waals surface area contributed by atoms with Gasteiger partial charge in [-0.1, -0.05) is 20.3 Å². The van der Waals surface area contributed by atoms with Crippen LogP contribution in [0.4, 0.5) is 0 Å². The summed E-state index contributed by atoms with van der Waals surface area (Å²) in [4.78, 5) is 2.72. The molecule has 0 aromatic carbocycles. The summed E-state index contributed by atoms with van der Waals surface area (Å²) in [6.07, 6.45) is 6.43. The second-order valence-corrected chi connectivity index (χ2v) is 6.30. The second-order valence-electron chi connectivity index (χ2n) is 6.30. The van der Waals surface area contributed by atoms with E-state index in [1.54, 1.807) is 0 Å². The maximum absolute atomic E-state index is 3.75. The van der Waals surface area contributed by atoms with Gasteiger partial charge in [-0.25, -0.2) is 0 Å². The van der Waals surface area contributed by atoms with Crippen LogP contribution >= 0.6 is 0 Å². The van der Waals surface area contributed by atoms with E-state index in [0.717, 1.165) is 0 Å². The van der Waals surface area contributed by atoms with Crippen molar-refractivity contribution < 1.29 is 0 Å². The lowest BCUT2D eigenvalue weighted by Gasteiger charge is -2.42. The molecule has 2 atom stereocenters. The Bertz CT molecular complexity index is 213. The van der Waals surface area contributed by atoms with E-state index in [1.165, 1.54) is 45.2 Å². The summed E-state index contributed by atoms with van der Waals surface area (Å²) in [7, 11) is 0. The molecule has 0 aromatic heterocycles. The van der Waals surface area contributed by atoms with E-state index in [9.17, 15) is 0 Å². The molecule has 1 aliphatic heterocycles. The normalized spacial score (nSPS) is 28.8. The van der Waals surface area contributed by atoms with Gasteiger partial charge in [0.25, 0.3) is 0 Å². The molecule has 0 saturated carbocycles. The monoisotopic (exact) mass is 240 g/mol. The fraction of sp³-hybridized carbons (Fsp3) is 1.00. The van der Waals surface area contributed by atoms with E-state index in [4.69, 9.17) is 0 Å². The van der Waals surface area contributed by atoms with E-state index >= 15 is 0 Å². The van der Waals surface area contributed by atoms with E-state index in [-0.39, 0.29) is 0 Å². The SMILES string of the molecule is CCCC(C)(C)N1CCC(C)NC(CC)CC1. The van der Waals surface area contributed by atoms with Crippen molar-refractivity contribution in [3.05, 3.63) is 0 Å². The van der Waals surface area contributed by atoms with E-state index in [1.807, 2.05) is 0 Å². The molecule has 1 fully saturated rings. The van der Waals surface area contributed by atoms with Crippen LogP contribution in [-0.4, -0.2) is 35.6 Å². The average Bonchev–Trinajstić information content (AvgIpc) is 2.23. The van der Waals surface area contributed by atoms with Crippen LogP contribution in [0.5, 0.6) is 0 Å². The summed E-state index contributed by atoms with van der Waals surface area (Å²) in [6.45, 7) is 14.3. The zero-order chi connectivity index (χ0) is 12.9. The number of hydrogen-bond acceptors (Lipinski definition) is 2. The Labute approximate surface area is 108 Å². The average molecular weight is 240 g/mol. The lowest BCUT2D eigenvalue weighted by molar-refractivity contribution is 0.0884. The van der Waals surface area contributed by atoms with Gasteiger partial charge >= 0.3 is 0 Å². The zero-order valence-electron chi connectivity index (χ0n) is 12.6. The molecule has 17 heavy (non-hydrogen) atoms. The van der Waals surface area contributed by atoms with E-state index in [0.29, 0.717) is 17.6 Å². The Morgan fingerprint density at radius 2 is 1.82 bits per heavy atom. The van der Waals surface area contributed by atoms with Gasteiger partial charge in [-0.3, -0.25) is 4.90 Å². The summed E-state index contributed by atoms with van der Waals surface area (Å²) in [5, 5.41) is 3.75. The molecule has 102 valence electrons. The molecule has 0 aliphatic carbocycles. The molecule has 2 unspecified atom stereocenters. The topological polar surface area (TPSA) is 15.3 Å². The van der Waals surface area contributed by atoms with Crippen molar-refractivity contribution >= 4 is 0 Å². The van der Waals surface area contributed by atoms with Gasteiger partial charge < -0.3 is 5.32 Å². The van der Waals surface area contributed by atoms with Crippen LogP contribution in [0.15, 0.2) is 0 Å². The Hall–Kier alpha value is -0.0800. The van der Waals surface area contributed by atoms with Gasteiger partial charge in [-0.05, 0) is 46.5 Å². The highest BCUT2D eigenvalue weighted by atomic mass is 15.2. The van der Waals surface area contributed by atoms with Crippen LogP contribution in [0.2, 0.25) is 0 Å². The minimum atomic E-state index is 0.379. The Kier molecular flexibility index (Phi) is 5.94. The fourth-order valence-corrected chi connectivity index (χ4v) is 3.04. The van der Waals surface area contributed by atoms with Crippen molar-refractivity contribution in [2.24, 2.45) is 0 Å². The first-order valence-electron chi connectivity index (χ1n) is 7.50. The molecule has 0 amide bonds. The lowest BCUT2D eigenvalue weighted by Crippen LogP contribution is -2.50. The van der Waals surface area contributed by atoms with Crippen molar-refractivity contribution in [3.8, 4) is 0 Å². The predicted octanol–water partition coefficient (Wildman–Crippen LogP) is 3.42. The first-order valence-corrected chi connectivity index (χ1v) is 7.50. The van der Waals surface area contributed by atoms with Crippen LogP contribution in [0.1, 0.15) is 66.7 Å². The van der Waals surface area contributed by atoms with Gasteiger partial charge in [0.2, 0.25) is 0 Å². The minimum absolute atomic E-state index is 0.379. The van der Waals surface area contributed by atoms with Crippen molar-refractivity contribution in [1.29, 1.82) is 0 Å². The molecule has 0 radical (unpaired) electrons. The maximum atomic E-state index is 3.75. The maximum Gasteiger partial charge on any atom is 0.0153 e. The Morgan fingerprint density at radius 3 is 2.41 bits per heavy atom. The molecule has 0 spiro atoms. The van der Waals surface area contributed by atoms with Gasteiger partial charge in [0.1, 0.15) is 0 Å². The Balaban J connectivity index is 2.60.